The SMILES string of the molecule is CC(C)(C)c1cc(CN(C=O)C=O)cc(C(C)(C)C)c1O. The predicted octanol–water partition coefficient (Wildman–Crippen LogP) is 3.10. The van der Waals surface area contributed by atoms with Gasteiger partial charge in [-0.3, -0.25) is 14.5 Å². The number of rotatable bonds is 4. The number of hydrogen-bond acceptors (Lipinski definition) is 3. The van der Waals surface area contributed by atoms with Crippen LogP contribution in [0.5, 0.6) is 5.75 Å². The molecule has 1 aromatic carbocycles. The Morgan fingerprint density at radius 1 is 0.952 bits per heavy atom. The molecule has 0 radical (unpaired) electrons. The topological polar surface area (TPSA) is 57.6 Å². The summed E-state index contributed by atoms with van der Waals surface area (Å²) in [7, 11) is 0. The Balaban J connectivity index is 3.47. The van der Waals surface area contributed by atoms with Crippen LogP contribution in [0.4, 0.5) is 0 Å². The summed E-state index contributed by atoms with van der Waals surface area (Å²) >= 11 is 0. The lowest BCUT2D eigenvalue weighted by Crippen LogP contribution is -2.22. The number of imide groups is 1. The number of carbonyl (C=O) groups is 2. The molecule has 0 spiro atoms. The Kier molecular flexibility index (Phi) is 4.82. The van der Waals surface area contributed by atoms with Crippen molar-refractivity contribution in [2.45, 2.75) is 58.9 Å². The summed E-state index contributed by atoms with van der Waals surface area (Å²) in [6.07, 6.45) is 1.01. The Bertz CT molecular complexity index is 493. The molecule has 0 saturated heterocycles. The van der Waals surface area contributed by atoms with Gasteiger partial charge in [-0.1, -0.05) is 41.5 Å². The molecule has 0 aliphatic heterocycles. The minimum absolute atomic E-state index is 0.208. The van der Waals surface area contributed by atoms with Gasteiger partial charge in [-0.15, -0.1) is 0 Å². The van der Waals surface area contributed by atoms with E-state index in [1.165, 1.54) is 0 Å². The third-order valence-corrected chi connectivity index (χ3v) is 3.42. The van der Waals surface area contributed by atoms with Crippen LogP contribution in [0.3, 0.4) is 0 Å². The first-order valence-corrected chi connectivity index (χ1v) is 7.04. The Morgan fingerprint density at radius 3 is 1.62 bits per heavy atom. The summed E-state index contributed by atoms with van der Waals surface area (Å²) in [6, 6.07) is 3.73. The highest BCUT2D eigenvalue weighted by Gasteiger charge is 2.26. The van der Waals surface area contributed by atoms with Crippen molar-refractivity contribution in [2.75, 3.05) is 0 Å². The van der Waals surface area contributed by atoms with Gasteiger partial charge >= 0.3 is 0 Å². The summed E-state index contributed by atoms with van der Waals surface area (Å²) in [6.45, 7) is 12.3. The van der Waals surface area contributed by atoms with Crippen molar-refractivity contribution >= 4 is 12.8 Å². The summed E-state index contributed by atoms with van der Waals surface area (Å²) in [4.78, 5) is 22.7. The first-order valence-electron chi connectivity index (χ1n) is 7.04. The van der Waals surface area contributed by atoms with Crippen molar-refractivity contribution in [1.29, 1.82) is 0 Å². The van der Waals surface area contributed by atoms with Crippen LogP contribution in [-0.4, -0.2) is 22.8 Å². The fourth-order valence-electron chi connectivity index (χ4n) is 2.24. The molecule has 4 heteroatoms. The van der Waals surface area contributed by atoms with Gasteiger partial charge in [0.25, 0.3) is 0 Å². The molecule has 0 unspecified atom stereocenters. The number of phenolic OH excluding ortho intramolecular Hbond substituents is 1. The van der Waals surface area contributed by atoms with Crippen LogP contribution >= 0.6 is 0 Å². The molecule has 0 aliphatic carbocycles. The Labute approximate surface area is 126 Å². The standard InChI is InChI=1S/C17H25NO3/c1-16(2,3)13-7-12(9-18(10-19)11-20)8-14(15(13)21)17(4,5)6/h7-8,10-11,21H,9H2,1-6H3. The van der Waals surface area contributed by atoms with Crippen molar-refractivity contribution in [1.82, 2.24) is 4.90 Å². The number of nitrogens with zero attached hydrogens (tertiary/aromatic N) is 1. The first-order chi connectivity index (χ1) is 9.50. The fraction of sp³-hybridized carbons (Fsp3) is 0.529. The molecule has 0 bridgehead atoms. The minimum atomic E-state index is -0.229. The largest absolute Gasteiger partial charge is 0.507 e. The lowest BCUT2D eigenvalue weighted by atomic mass is 9.78. The highest BCUT2D eigenvalue weighted by atomic mass is 16.3. The number of aromatic hydroxyl groups is 1. The predicted molar refractivity (Wildman–Crippen MR) is 83.2 cm³/mol. The van der Waals surface area contributed by atoms with Crippen molar-refractivity contribution in [3.8, 4) is 5.75 Å². The second-order valence-electron chi connectivity index (χ2n) is 7.42. The van der Waals surface area contributed by atoms with Crippen LogP contribution in [-0.2, 0) is 27.0 Å². The van der Waals surface area contributed by atoms with E-state index in [1.807, 2.05) is 53.7 Å². The summed E-state index contributed by atoms with van der Waals surface area (Å²) in [5, 5.41) is 10.6. The molecule has 2 amide bonds. The molecular weight excluding hydrogens is 266 g/mol. The van der Waals surface area contributed by atoms with E-state index >= 15 is 0 Å². The zero-order chi connectivity index (χ0) is 16.4. The van der Waals surface area contributed by atoms with E-state index in [0.717, 1.165) is 21.6 Å². The molecule has 1 N–H and O–H groups in total. The number of phenols is 1. The van der Waals surface area contributed by atoms with E-state index in [0.29, 0.717) is 18.6 Å². The fourth-order valence-corrected chi connectivity index (χ4v) is 2.24. The van der Waals surface area contributed by atoms with Gasteiger partial charge in [0.15, 0.2) is 0 Å². The second kappa shape index (κ2) is 5.88. The average molecular weight is 291 g/mol. The van der Waals surface area contributed by atoms with E-state index in [9.17, 15) is 14.7 Å². The van der Waals surface area contributed by atoms with E-state index < -0.39 is 0 Å². The normalized spacial score (nSPS) is 12.1. The molecule has 116 valence electrons. The molecule has 0 atom stereocenters. The molecule has 0 heterocycles. The van der Waals surface area contributed by atoms with E-state index in [4.69, 9.17) is 0 Å². The molecule has 21 heavy (non-hydrogen) atoms. The Hall–Kier alpha value is -1.84. The maximum absolute atomic E-state index is 10.8. The van der Waals surface area contributed by atoms with Crippen LogP contribution in [0.1, 0.15) is 58.2 Å². The zero-order valence-electron chi connectivity index (χ0n) is 13.7. The van der Waals surface area contributed by atoms with Gasteiger partial charge in [0, 0.05) is 0 Å². The lowest BCUT2D eigenvalue weighted by molar-refractivity contribution is -0.129. The highest BCUT2D eigenvalue weighted by molar-refractivity contribution is 5.68. The number of carbonyl (C=O) groups excluding carboxylic acids is 2. The van der Waals surface area contributed by atoms with Crippen molar-refractivity contribution < 1.29 is 14.7 Å². The number of hydrogen-bond donors (Lipinski definition) is 1. The van der Waals surface area contributed by atoms with Crippen LogP contribution in [0.2, 0.25) is 0 Å². The molecule has 4 nitrogen and oxygen atoms in total. The minimum Gasteiger partial charge on any atom is -0.507 e. The highest BCUT2D eigenvalue weighted by Crippen LogP contribution is 2.39. The van der Waals surface area contributed by atoms with Crippen LogP contribution < -0.4 is 0 Å². The maximum Gasteiger partial charge on any atom is 0.216 e. The van der Waals surface area contributed by atoms with E-state index in [2.05, 4.69) is 0 Å². The van der Waals surface area contributed by atoms with E-state index in [-0.39, 0.29) is 17.4 Å². The van der Waals surface area contributed by atoms with Crippen LogP contribution in [0.25, 0.3) is 0 Å². The Morgan fingerprint density at radius 2 is 1.33 bits per heavy atom. The molecule has 0 aromatic heterocycles. The van der Waals surface area contributed by atoms with Gasteiger partial charge in [-0.25, -0.2) is 0 Å². The monoisotopic (exact) mass is 291 g/mol. The average Bonchev–Trinajstić information content (AvgIpc) is 2.34. The van der Waals surface area contributed by atoms with Gasteiger partial charge in [0.1, 0.15) is 5.75 Å². The van der Waals surface area contributed by atoms with Gasteiger partial charge in [-0.2, -0.15) is 0 Å². The van der Waals surface area contributed by atoms with Crippen LogP contribution in [0, 0.1) is 0 Å². The zero-order valence-corrected chi connectivity index (χ0v) is 13.7. The third kappa shape index (κ3) is 4.06. The maximum atomic E-state index is 10.8. The van der Waals surface area contributed by atoms with Crippen LogP contribution in [0.15, 0.2) is 12.1 Å². The van der Waals surface area contributed by atoms with Crippen molar-refractivity contribution in [2.24, 2.45) is 0 Å². The van der Waals surface area contributed by atoms with Gasteiger partial charge in [-0.05, 0) is 39.7 Å². The third-order valence-electron chi connectivity index (χ3n) is 3.42. The number of amides is 2. The molecule has 0 fully saturated rings. The summed E-state index contributed by atoms with van der Waals surface area (Å²) < 4.78 is 0. The molecular formula is C17H25NO3. The molecule has 1 aromatic rings. The molecule has 0 saturated carbocycles. The second-order valence-corrected chi connectivity index (χ2v) is 7.42. The van der Waals surface area contributed by atoms with Gasteiger partial charge in [0.2, 0.25) is 12.8 Å². The lowest BCUT2D eigenvalue weighted by Gasteiger charge is -2.28. The molecule has 0 aliphatic rings. The van der Waals surface area contributed by atoms with Crippen molar-refractivity contribution in [3.05, 3.63) is 28.8 Å². The first kappa shape index (κ1) is 17.2. The van der Waals surface area contributed by atoms with Crippen molar-refractivity contribution in [3.63, 3.8) is 0 Å². The number of benzene rings is 1. The quantitative estimate of drug-likeness (QED) is 0.867. The molecule has 1 rings (SSSR count). The summed E-state index contributed by atoms with van der Waals surface area (Å²) in [5.74, 6) is 0.294. The van der Waals surface area contributed by atoms with E-state index in [1.54, 1.807) is 0 Å². The summed E-state index contributed by atoms with van der Waals surface area (Å²) in [5.41, 5.74) is 2.02. The van der Waals surface area contributed by atoms with Gasteiger partial charge in [0.05, 0.1) is 6.54 Å². The van der Waals surface area contributed by atoms with Gasteiger partial charge < -0.3 is 5.11 Å². The smallest absolute Gasteiger partial charge is 0.216 e.